The van der Waals surface area contributed by atoms with Gasteiger partial charge in [0.15, 0.2) is 0 Å². The number of rotatable bonds is 2. The van der Waals surface area contributed by atoms with Crippen LogP contribution in [0.15, 0.2) is 84.9 Å². The first-order valence-electron chi connectivity index (χ1n) is 24.4. The van der Waals surface area contributed by atoms with Gasteiger partial charge in [0.25, 0.3) is 6.71 Å². The molecule has 0 spiro atoms. The molecule has 4 heteroatoms. The molecule has 1 aromatic heterocycles. The molecule has 6 aromatic rings. The lowest BCUT2D eigenvalue weighted by Crippen LogP contribution is -2.61. The van der Waals surface area contributed by atoms with Crippen molar-refractivity contribution in [1.82, 2.24) is 0 Å². The topological polar surface area (TPSA) is 6.48 Å². The molecule has 61 heavy (non-hydrogen) atoms. The van der Waals surface area contributed by atoms with Gasteiger partial charge in [0, 0.05) is 47.4 Å². The van der Waals surface area contributed by atoms with Crippen LogP contribution >= 0.6 is 11.3 Å². The average Bonchev–Trinajstić information content (AvgIpc) is 3.58. The molecule has 0 N–H and O–H groups in total. The summed E-state index contributed by atoms with van der Waals surface area (Å²) in [5.41, 5.74) is 17.5. The summed E-state index contributed by atoms with van der Waals surface area (Å²) in [6, 6.07) is 32.5. The lowest BCUT2D eigenvalue weighted by atomic mass is 9.35. The predicted molar refractivity (Wildman–Crippen MR) is 269 cm³/mol. The highest BCUT2D eigenvalue weighted by molar-refractivity contribution is 7.33. The summed E-state index contributed by atoms with van der Waals surface area (Å²) >= 11 is 1.92. The van der Waals surface area contributed by atoms with E-state index in [-0.39, 0.29) is 39.2 Å². The summed E-state index contributed by atoms with van der Waals surface area (Å²) in [5, 5.41) is 1.22. The van der Waals surface area contributed by atoms with Gasteiger partial charge in [-0.3, -0.25) is 0 Å². The molecule has 0 atom stereocenters. The number of aryl methyl sites for hydroxylation is 1. The monoisotopic (exact) mass is 826 g/mol. The Labute approximate surface area is 376 Å². The molecule has 2 aliphatic carbocycles. The standard InChI is InChI=1S/C57H67BN2S/c1-34-28-46-49-47(29-34)60(37-19-16-35(17-20-37)52(2,3)4)50-39-30-36(53(5,6)7)18-23-48(39)61-51(50)58(49)44-32-42-43(57(14,15)27-26-56(42,12)13)33-45(44)59(46)38-21-22-40-41(31-38)55(10,11)25-24-54(40,8)9/h16-23,28-33H,24-27H2,1-15H3/i1D3. The maximum Gasteiger partial charge on any atom is 0.264 e. The number of fused-ring (bicyclic) bond motifs is 8. The zero-order valence-electron chi connectivity index (χ0n) is 42.3. The minimum atomic E-state index is -2.34. The first-order valence-corrected chi connectivity index (χ1v) is 23.7. The zero-order chi connectivity index (χ0) is 46.1. The summed E-state index contributed by atoms with van der Waals surface area (Å²) in [5.74, 6) is 0. The van der Waals surface area contributed by atoms with Crippen molar-refractivity contribution in [2.75, 3.05) is 9.80 Å². The molecule has 2 nitrogen and oxygen atoms in total. The Morgan fingerprint density at radius 2 is 1.07 bits per heavy atom. The fraction of sp³-hybridized carbons (Fsp3) is 0.439. The van der Waals surface area contributed by atoms with Crippen molar-refractivity contribution in [2.45, 2.75) is 162 Å². The molecule has 0 bridgehead atoms. The summed E-state index contributed by atoms with van der Waals surface area (Å²) in [6.07, 6.45) is 4.50. The minimum Gasteiger partial charge on any atom is -0.311 e. The molecule has 0 saturated heterocycles. The highest BCUT2D eigenvalue weighted by Gasteiger charge is 2.48. The van der Waals surface area contributed by atoms with Crippen LogP contribution in [0.3, 0.4) is 0 Å². The van der Waals surface area contributed by atoms with Crippen molar-refractivity contribution in [3.63, 3.8) is 0 Å². The maximum atomic E-state index is 9.10. The molecule has 5 aromatic carbocycles. The van der Waals surface area contributed by atoms with Crippen LogP contribution in [0.4, 0.5) is 34.1 Å². The molecule has 10 rings (SSSR count). The minimum absolute atomic E-state index is 0.000466. The van der Waals surface area contributed by atoms with Crippen LogP contribution in [-0.2, 0) is 32.5 Å². The number of benzene rings is 5. The van der Waals surface area contributed by atoms with Crippen molar-refractivity contribution in [2.24, 2.45) is 0 Å². The van der Waals surface area contributed by atoms with E-state index >= 15 is 0 Å². The number of anilines is 6. The van der Waals surface area contributed by atoms with E-state index in [0.717, 1.165) is 48.4 Å². The quantitative estimate of drug-likeness (QED) is 0.160. The van der Waals surface area contributed by atoms with Crippen LogP contribution in [-0.4, -0.2) is 6.71 Å². The van der Waals surface area contributed by atoms with Crippen molar-refractivity contribution in [1.29, 1.82) is 0 Å². The fourth-order valence-corrected chi connectivity index (χ4v) is 12.7. The lowest BCUT2D eigenvalue weighted by molar-refractivity contribution is 0.332. The van der Waals surface area contributed by atoms with Crippen LogP contribution < -0.4 is 25.5 Å². The van der Waals surface area contributed by atoms with Gasteiger partial charge in [-0.2, -0.15) is 0 Å². The van der Waals surface area contributed by atoms with Crippen molar-refractivity contribution in [3.05, 3.63) is 124 Å². The largest absolute Gasteiger partial charge is 0.311 e. The number of hydrogen-bond acceptors (Lipinski definition) is 3. The molecule has 0 radical (unpaired) electrons. The Balaban J connectivity index is 1.36. The third-order valence-corrected chi connectivity index (χ3v) is 16.8. The summed E-state index contributed by atoms with van der Waals surface area (Å²) < 4.78 is 29.9. The molecule has 2 aliphatic heterocycles. The van der Waals surface area contributed by atoms with E-state index in [9.17, 15) is 0 Å². The maximum absolute atomic E-state index is 9.10. The zero-order valence-corrected chi connectivity index (χ0v) is 40.1. The highest BCUT2D eigenvalue weighted by Crippen LogP contribution is 2.54. The molecule has 0 fully saturated rings. The van der Waals surface area contributed by atoms with Gasteiger partial charge in [0.05, 0.1) is 5.69 Å². The smallest absolute Gasteiger partial charge is 0.264 e. The highest BCUT2D eigenvalue weighted by atomic mass is 32.1. The van der Waals surface area contributed by atoms with Crippen molar-refractivity contribution < 1.29 is 4.11 Å². The Bertz CT molecular complexity index is 2910. The van der Waals surface area contributed by atoms with Gasteiger partial charge in [-0.05, 0) is 169 Å². The normalized spacial score (nSPS) is 20.2. The van der Waals surface area contributed by atoms with Crippen LogP contribution in [0.25, 0.3) is 10.1 Å². The molecule has 0 unspecified atom stereocenters. The fourth-order valence-electron chi connectivity index (χ4n) is 11.4. The molecule has 0 saturated carbocycles. The van der Waals surface area contributed by atoms with Crippen LogP contribution in [0.5, 0.6) is 0 Å². The predicted octanol–water partition coefficient (Wildman–Crippen LogP) is 14.6. The van der Waals surface area contributed by atoms with Gasteiger partial charge in [-0.25, -0.2) is 0 Å². The molecule has 314 valence electrons. The molecule has 4 aliphatic rings. The molecule has 3 heterocycles. The number of hydrogen-bond donors (Lipinski definition) is 0. The molecular formula is C57H67BN2S. The third-order valence-electron chi connectivity index (χ3n) is 15.6. The Morgan fingerprint density at radius 3 is 1.66 bits per heavy atom. The van der Waals surface area contributed by atoms with Crippen LogP contribution in [0.1, 0.15) is 166 Å². The van der Waals surface area contributed by atoms with Crippen LogP contribution in [0.2, 0.25) is 0 Å². The lowest BCUT2D eigenvalue weighted by Gasteiger charge is -2.47. The van der Waals surface area contributed by atoms with E-state index in [2.05, 4.69) is 180 Å². The van der Waals surface area contributed by atoms with Gasteiger partial charge in [-0.15, -0.1) is 11.3 Å². The molecular weight excluding hydrogens is 756 g/mol. The second kappa shape index (κ2) is 12.9. The first-order chi connectivity index (χ1) is 29.6. The first kappa shape index (κ1) is 37.3. The number of thiophene rings is 1. The van der Waals surface area contributed by atoms with Gasteiger partial charge in [-0.1, -0.05) is 127 Å². The van der Waals surface area contributed by atoms with Gasteiger partial charge in [0.2, 0.25) is 0 Å². The van der Waals surface area contributed by atoms with E-state index < -0.39 is 6.85 Å². The Kier molecular flexibility index (Phi) is 7.89. The van der Waals surface area contributed by atoms with Crippen molar-refractivity contribution in [3.8, 4) is 0 Å². The van der Waals surface area contributed by atoms with E-state index in [4.69, 9.17) is 4.11 Å². The van der Waals surface area contributed by atoms with E-state index in [1.165, 1.54) is 70.5 Å². The number of nitrogens with zero attached hydrogens (tertiary/aromatic N) is 2. The second-order valence-corrected chi connectivity index (χ2v) is 24.9. The van der Waals surface area contributed by atoms with E-state index in [0.29, 0.717) is 5.56 Å². The van der Waals surface area contributed by atoms with Gasteiger partial charge >= 0.3 is 0 Å². The Morgan fingerprint density at radius 1 is 0.541 bits per heavy atom. The van der Waals surface area contributed by atoms with Gasteiger partial charge < -0.3 is 9.80 Å². The average molecular weight is 826 g/mol. The SMILES string of the molecule is [2H]C([2H])([2H])c1cc2c3c(c1)N(c1ccc(C(C)(C)C)cc1)c1c(sc4ccc(C(C)(C)C)cc14)B3c1cc3c(cc1N2c1ccc2c(c1)C(C)(C)CCC2(C)C)C(C)(C)CCC3(C)C. The Hall–Kier alpha value is -4.28. The van der Waals surface area contributed by atoms with E-state index in [1.807, 2.05) is 23.5 Å². The summed E-state index contributed by atoms with van der Waals surface area (Å²) in [4.78, 5) is 4.91. The van der Waals surface area contributed by atoms with E-state index in [1.54, 1.807) is 0 Å². The van der Waals surface area contributed by atoms with Gasteiger partial charge in [0.1, 0.15) is 0 Å². The molecule has 0 amide bonds. The van der Waals surface area contributed by atoms with Crippen molar-refractivity contribution >= 4 is 78.0 Å². The van der Waals surface area contributed by atoms with Crippen LogP contribution in [0, 0.1) is 6.85 Å². The second-order valence-electron chi connectivity index (χ2n) is 23.8. The summed E-state index contributed by atoms with van der Waals surface area (Å²) in [7, 11) is 0. The summed E-state index contributed by atoms with van der Waals surface area (Å²) in [6.45, 7) is 30.5. The third kappa shape index (κ3) is 6.15.